The molecule has 0 aliphatic rings. The molecule has 6 heteroatoms. The Kier molecular flexibility index (Phi) is 5.10. The van der Waals surface area contributed by atoms with E-state index < -0.39 is 0 Å². The topological polar surface area (TPSA) is 39.1 Å². The Morgan fingerprint density at radius 2 is 1.95 bits per heavy atom. The van der Waals surface area contributed by atoms with Crippen molar-refractivity contribution in [2.45, 2.75) is 20.4 Å². The number of hydrogen-bond acceptors (Lipinski definition) is 3. The quantitative estimate of drug-likeness (QED) is 0.811. The van der Waals surface area contributed by atoms with Crippen molar-refractivity contribution in [1.29, 1.82) is 0 Å². The molecule has 0 radical (unpaired) electrons. The van der Waals surface area contributed by atoms with Crippen molar-refractivity contribution >= 4 is 37.5 Å². The maximum Gasteiger partial charge on any atom is 0.147 e. The molecule has 1 N–H and O–H groups in total. The predicted molar refractivity (Wildman–Crippen MR) is 88.3 cm³/mol. The summed E-state index contributed by atoms with van der Waals surface area (Å²) in [5, 5.41) is 7.70. The Balaban J connectivity index is 2.12. The minimum Gasteiger partial charge on any atom is -0.492 e. The lowest BCUT2D eigenvalue weighted by atomic mass is 10.2. The van der Waals surface area contributed by atoms with Crippen molar-refractivity contribution in [3.8, 4) is 5.75 Å². The first kappa shape index (κ1) is 15.4. The SMILES string of the molecule is CCOc1c(Br)cc(CNc2cn(C)nc2C)cc1Br. The summed E-state index contributed by atoms with van der Waals surface area (Å²) >= 11 is 7.09. The van der Waals surface area contributed by atoms with Crippen molar-refractivity contribution in [3.63, 3.8) is 0 Å². The van der Waals surface area contributed by atoms with Crippen LogP contribution in [0.3, 0.4) is 0 Å². The molecule has 1 aromatic heterocycles. The Labute approximate surface area is 135 Å². The van der Waals surface area contributed by atoms with Gasteiger partial charge in [-0.1, -0.05) is 0 Å². The monoisotopic (exact) mass is 401 g/mol. The van der Waals surface area contributed by atoms with Crippen LogP contribution in [0, 0.1) is 6.92 Å². The van der Waals surface area contributed by atoms with E-state index in [1.165, 1.54) is 0 Å². The zero-order chi connectivity index (χ0) is 14.7. The van der Waals surface area contributed by atoms with E-state index in [0.717, 1.165) is 38.2 Å². The van der Waals surface area contributed by atoms with Crippen molar-refractivity contribution < 1.29 is 4.74 Å². The highest BCUT2D eigenvalue weighted by molar-refractivity contribution is 9.11. The summed E-state index contributed by atoms with van der Waals surface area (Å²) in [6.45, 7) is 5.34. The molecule has 108 valence electrons. The fourth-order valence-corrected chi connectivity index (χ4v) is 3.48. The molecule has 20 heavy (non-hydrogen) atoms. The van der Waals surface area contributed by atoms with Gasteiger partial charge in [-0.3, -0.25) is 4.68 Å². The summed E-state index contributed by atoms with van der Waals surface area (Å²) in [6, 6.07) is 4.13. The summed E-state index contributed by atoms with van der Waals surface area (Å²) < 4.78 is 9.29. The first-order valence-electron chi connectivity index (χ1n) is 6.36. The van der Waals surface area contributed by atoms with Gasteiger partial charge in [0.25, 0.3) is 0 Å². The van der Waals surface area contributed by atoms with Gasteiger partial charge in [0.15, 0.2) is 0 Å². The van der Waals surface area contributed by atoms with Crippen LogP contribution in [0.2, 0.25) is 0 Å². The molecular weight excluding hydrogens is 386 g/mol. The fourth-order valence-electron chi connectivity index (χ4n) is 1.97. The average molecular weight is 403 g/mol. The highest BCUT2D eigenvalue weighted by Crippen LogP contribution is 2.35. The summed E-state index contributed by atoms with van der Waals surface area (Å²) in [5.41, 5.74) is 3.21. The molecule has 0 spiro atoms. The lowest BCUT2D eigenvalue weighted by Crippen LogP contribution is -2.01. The highest BCUT2D eigenvalue weighted by atomic mass is 79.9. The number of aromatic nitrogens is 2. The minimum atomic E-state index is 0.643. The number of nitrogens with one attached hydrogen (secondary N) is 1. The van der Waals surface area contributed by atoms with Crippen LogP contribution in [0.1, 0.15) is 18.2 Å². The molecule has 1 aromatic carbocycles. The van der Waals surface area contributed by atoms with Crippen LogP contribution in [0.4, 0.5) is 5.69 Å². The minimum absolute atomic E-state index is 0.643. The molecule has 0 saturated heterocycles. The number of anilines is 1. The normalized spacial score (nSPS) is 10.7. The second kappa shape index (κ2) is 6.63. The molecule has 1 heterocycles. The van der Waals surface area contributed by atoms with Crippen LogP contribution in [-0.2, 0) is 13.6 Å². The first-order chi connectivity index (χ1) is 9.51. The van der Waals surface area contributed by atoms with Gasteiger partial charge in [0.05, 0.1) is 26.9 Å². The van der Waals surface area contributed by atoms with Gasteiger partial charge in [-0.05, 0) is 63.4 Å². The third kappa shape index (κ3) is 3.55. The van der Waals surface area contributed by atoms with Gasteiger partial charge in [0.1, 0.15) is 5.75 Å². The first-order valence-corrected chi connectivity index (χ1v) is 7.94. The number of ether oxygens (including phenoxy) is 1. The van der Waals surface area contributed by atoms with Crippen LogP contribution in [0.5, 0.6) is 5.75 Å². The Bertz CT molecular complexity index is 587. The van der Waals surface area contributed by atoms with Gasteiger partial charge in [-0.15, -0.1) is 0 Å². The van der Waals surface area contributed by atoms with Crippen LogP contribution in [0.25, 0.3) is 0 Å². The highest BCUT2D eigenvalue weighted by Gasteiger charge is 2.09. The van der Waals surface area contributed by atoms with E-state index in [0.29, 0.717) is 6.61 Å². The summed E-state index contributed by atoms with van der Waals surface area (Å²) in [4.78, 5) is 0. The summed E-state index contributed by atoms with van der Waals surface area (Å²) in [5.74, 6) is 0.841. The third-order valence-corrected chi connectivity index (χ3v) is 4.02. The fraction of sp³-hybridized carbons (Fsp3) is 0.357. The number of rotatable bonds is 5. The molecule has 0 bridgehead atoms. The lowest BCUT2D eigenvalue weighted by molar-refractivity contribution is 0.336. The molecule has 0 unspecified atom stereocenters. The number of halogens is 2. The van der Waals surface area contributed by atoms with Crippen LogP contribution < -0.4 is 10.1 Å². The Hall–Kier alpha value is -1.01. The number of hydrogen-bond donors (Lipinski definition) is 1. The van der Waals surface area contributed by atoms with E-state index in [1.807, 2.05) is 31.8 Å². The second-order valence-electron chi connectivity index (χ2n) is 4.48. The third-order valence-electron chi connectivity index (χ3n) is 2.84. The average Bonchev–Trinajstić information content (AvgIpc) is 2.70. The van der Waals surface area contributed by atoms with Crippen LogP contribution in [0.15, 0.2) is 27.3 Å². The molecule has 4 nitrogen and oxygen atoms in total. The predicted octanol–water partition coefficient (Wildman–Crippen LogP) is 4.26. The summed E-state index contributed by atoms with van der Waals surface area (Å²) in [6.07, 6.45) is 1.98. The smallest absolute Gasteiger partial charge is 0.147 e. The van der Waals surface area contributed by atoms with Gasteiger partial charge in [0.2, 0.25) is 0 Å². The van der Waals surface area contributed by atoms with Crippen LogP contribution in [-0.4, -0.2) is 16.4 Å². The second-order valence-corrected chi connectivity index (χ2v) is 6.19. The molecule has 0 saturated carbocycles. The Morgan fingerprint density at radius 1 is 1.30 bits per heavy atom. The van der Waals surface area contributed by atoms with Gasteiger partial charge < -0.3 is 10.1 Å². The molecule has 0 aliphatic heterocycles. The molecule has 0 fully saturated rings. The lowest BCUT2D eigenvalue weighted by Gasteiger charge is -2.11. The van der Waals surface area contributed by atoms with E-state index >= 15 is 0 Å². The number of aryl methyl sites for hydroxylation is 2. The molecule has 0 aliphatic carbocycles. The zero-order valence-corrected chi connectivity index (χ0v) is 14.9. The van der Waals surface area contributed by atoms with Gasteiger partial charge in [0, 0.05) is 19.8 Å². The van der Waals surface area contributed by atoms with Crippen molar-refractivity contribution in [1.82, 2.24) is 9.78 Å². The number of nitrogens with zero attached hydrogens (tertiary/aromatic N) is 2. The van der Waals surface area contributed by atoms with E-state index in [1.54, 1.807) is 0 Å². The largest absolute Gasteiger partial charge is 0.492 e. The van der Waals surface area contributed by atoms with E-state index in [-0.39, 0.29) is 0 Å². The van der Waals surface area contributed by atoms with Crippen molar-refractivity contribution in [3.05, 3.63) is 38.5 Å². The number of benzene rings is 1. The molecular formula is C14H17Br2N3O. The van der Waals surface area contributed by atoms with Crippen LogP contribution >= 0.6 is 31.9 Å². The van der Waals surface area contributed by atoms with Gasteiger partial charge in [-0.25, -0.2) is 0 Å². The van der Waals surface area contributed by atoms with Crippen molar-refractivity contribution in [2.24, 2.45) is 7.05 Å². The molecule has 0 amide bonds. The Morgan fingerprint density at radius 3 is 2.45 bits per heavy atom. The van der Waals surface area contributed by atoms with E-state index in [9.17, 15) is 0 Å². The van der Waals surface area contributed by atoms with Gasteiger partial charge >= 0.3 is 0 Å². The standard InChI is InChI=1S/C14H17Br2N3O/c1-4-20-14-11(15)5-10(6-12(14)16)7-17-13-8-19(3)18-9(13)2/h5-6,8,17H,4,7H2,1-3H3. The molecule has 2 rings (SSSR count). The maximum absolute atomic E-state index is 5.58. The maximum atomic E-state index is 5.58. The summed E-state index contributed by atoms with van der Waals surface area (Å²) in [7, 11) is 1.92. The van der Waals surface area contributed by atoms with Crippen molar-refractivity contribution in [2.75, 3.05) is 11.9 Å². The van der Waals surface area contributed by atoms with E-state index in [2.05, 4.69) is 54.4 Å². The van der Waals surface area contributed by atoms with Gasteiger partial charge in [-0.2, -0.15) is 5.10 Å². The van der Waals surface area contributed by atoms with E-state index in [4.69, 9.17) is 4.74 Å². The molecule has 2 aromatic rings. The zero-order valence-electron chi connectivity index (χ0n) is 11.7. The molecule has 0 atom stereocenters.